The van der Waals surface area contributed by atoms with Crippen LogP contribution in [0.4, 0.5) is 20.8 Å². The van der Waals surface area contributed by atoms with Gasteiger partial charge in [0.15, 0.2) is 24.2 Å². The van der Waals surface area contributed by atoms with Crippen LogP contribution in [0.5, 0.6) is 11.8 Å². The molecule has 9 aromatic rings. The molecule has 4 aromatic heterocycles. The largest absolute Gasteiger partial charge is 0.468 e. The predicted octanol–water partition coefficient (Wildman–Crippen LogP) is 14.7. The second-order valence-corrected chi connectivity index (χ2v) is 37.9. The number of thiazole rings is 1. The summed E-state index contributed by atoms with van der Waals surface area (Å²) in [5.74, 6) is 1.33. The zero-order valence-electron chi connectivity index (χ0n) is 64.7. The molecule has 2 bridgehead atoms. The van der Waals surface area contributed by atoms with Crippen molar-refractivity contribution in [2.75, 3.05) is 76.1 Å². The summed E-state index contributed by atoms with van der Waals surface area (Å²) in [4.78, 5) is 75.3. The Hall–Kier alpha value is -8.87. The number of rotatable bonds is 24. The second kappa shape index (κ2) is 31.6. The number of pyridine rings is 1. The first-order chi connectivity index (χ1) is 51.9. The standard InChI is InChI=1S/C85H104FN11O9SSi/c1-14-58-22-21-23-61-39-64(103-51-101-13)40-68(74(58)61)76-75(86)77-69(43-87-76)79(95-46-62-32-33-63(47-95)97(62)83(100)104-84(7,8)9)91-82(90-77)102-49-53(4)93-36-34-56(35-37-93)38-57-44-94(45-57)72-42-71(105-92-72)73(52(2)3)81(99)96-48-65(106-108(85(10,11)12,66-24-17-15-18-25-66)67-26-19-16-20-27-67)41-70(96)80(98)89-54(5)59-28-30-60(31-29-59)78-55(6)88-50-107-78/h15-31,39-40,42-43,50,52-54,56-57,62-63,65,70,73H,14,32-38,41,44-49,51H2,1-13H3,(H,89,98)/t53-,54-,62?,63?,65+,70-,73?/m0/s1. The van der Waals surface area contributed by atoms with E-state index in [1.807, 2.05) is 101 Å². The van der Waals surface area contributed by atoms with Crippen LogP contribution in [0.3, 0.4) is 0 Å². The van der Waals surface area contributed by atoms with E-state index in [1.54, 1.807) is 29.5 Å². The lowest BCUT2D eigenvalue weighted by molar-refractivity contribution is -0.141. The highest BCUT2D eigenvalue weighted by Gasteiger charge is 2.55. The van der Waals surface area contributed by atoms with Crippen molar-refractivity contribution in [3.63, 3.8) is 0 Å². The molecule has 5 aliphatic heterocycles. The number of hydrogen-bond donors (Lipinski definition) is 1. The lowest BCUT2D eigenvalue weighted by Crippen LogP contribution is -2.67. The minimum atomic E-state index is -3.11. The topological polar surface area (TPSA) is 203 Å². The highest BCUT2D eigenvalue weighted by Crippen LogP contribution is 2.45. The maximum absolute atomic E-state index is 17.9. The molecule has 5 aliphatic rings. The number of piperazine rings is 1. The number of carbonyl (C=O) groups is 3. The first-order valence-electron chi connectivity index (χ1n) is 38.7. The number of piperidine rings is 1. The fourth-order valence-corrected chi connectivity index (χ4v) is 22.9. The third kappa shape index (κ3) is 15.6. The van der Waals surface area contributed by atoms with Gasteiger partial charge in [0.1, 0.15) is 46.9 Å². The van der Waals surface area contributed by atoms with Gasteiger partial charge in [-0.05, 0) is 166 Å². The van der Waals surface area contributed by atoms with E-state index >= 15 is 14.0 Å². The van der Waals surface area contributed by atoms with E-state index in [-0.39, 0.29) is 90.2 Å². The van der Waals surface area contributed by atoms with Crippen molar-refractivity contribution >= 4 is 81.2 Å². The number of aromatic nitrogens is 5. The molecule has 0 radical (unpaired) electrons. The van der Waals surface area contributed by atoms with Crippen LogP contribution in [0.2, 0.25) is 5.04 Å². The molecule has 3 amide bonds. The number of amides is 3. The summed E-state index contributed by atoms with van der Waals surface area (Å²) in [6, 6.07) is 39.7. The number of nitrogens with one attached hydrogen (secondary N) is 1. The van der Waals surface area contributed by atoms with Crippen molar-refractivity contribution in [1.29, 1.82) is 0 Å². The van der Waals surface area contributed by atoms with Crippen LogP contribution in [0.15, 0.2) is 138 Å². The number of fused-ring (bicyclic) bond motifs is 4. The summed E-state index contributed by atoms with van der Waals surface area (Å²) in [5, 5.41) is 12.1. The molecule has 9 heterocycles. The zero-order chi connectivity index (χ0) is 75.9. The Bertz CT molecular complexity index is 4620. The van der Waals surface area contributed by atoms with E-state index in [2.05, 4.69) is 144 Å². The van der Waals surface area contributed by atoms with Crippen LogP contribution in [0.1, 0.15) is 149 Å². The highest BCUT2D eigenvalue weighted by molar-refractivity contribution is 7.13. The molecule has 5 saturated heterocycles. The number of halogens is 1. The lowest BCUT2D eigenvalue weighted by Gasteiger charge is -2.44. The Morgan fingerprint density at radius 3 is 2.10 bits per heavy atom. The van der Waals surface area contributed by atoms with Crippen LogP contribution in [-0.4, -0.2) is 168 Å². The Labute approximate surface area is 639 Å². The average molecular weight is 1500 g/mol. The minimum Gasteiger partial charge on any atom is -0.468 e. The van der Waals surface area contributed by atoms with Gasteiger partial charge in [-0.15, -0.1) is 11.3 Å². The Kier molecular flexibility index (Phi) is 22.2. The van der Waals surface area contributed by atoms with Crippen LogP contribution in [0, 0.1) is 30.5 Å². The summed E-state index contributed by atoms with van der Waals surface area (Å²) < 4.78 is 55.6. The lowest BCUT2D eigenvalue weighted by atomic mass is 9.83. The monoisotopic (exact) mass is 1500 g/mol. The van der Waals surface area contributed by atoms with Crippen molar-refractivity contribution in [2.24, 2.45) is 17.8 Å². The molecule has 14 rings (SSSR count). The van der Waals surface area contributed by atoms with Crippen molar-refractivity contribution in [3.05, 3.63) is 161 Å². The molecule has 3 unspecified atom stereocenters. The average Bonchev–Trinajstić information content (AvgIpc) is 1.05. The first kappa shape index (κ1) is 75.9. The quantitative estimate of drug-likeness (QED) is 0.0441. The molecule has 7 atom stereocenters. The smallest absolute Gasteiger partial charge is 0.410 e. The number of benzene rings is 5. The van der Waals surface area contributed by atoms with E-state index < -0.39 is 37.8 Å². The molecule has 0 aliphatic carbocycles. The van der Waals surface area contributed by atoms with Crippen LogP contribution in [-0.2, 0) is 29.9 Å². The fourth-order valence-electron chi connectivity index (χ4n) is 17.4. The van der Waals surface area contributed by atoms with Gasteiger partial charge in [-0.3, -0.25) is 24.4 Å². The number of ether oxygens (including phenoxy) is 4. The third-order valence-corrected chi connectivity index (χ3v) is 28.9. The molecule has 0 saturated carbocycles. The van der Waals surface area contributed by atoms with Gasteiger partial charge in [-0.25, -0.2) is 14.2 Å². The van der Waals surface area contributed by atoms with Crippen LogP contribution < -0.4 is 35.0 Å². The molecule has 5 fully saturated rings. The molecular weight excluding hydrogens is 1400 g/mol. The number of likely N-dealkylation sites (tertiary alicyclic amines) is 2. The van der Waals surface area contributed by atoms with Gasteiger partial charge in [-0.2, -0.15) is 9.97 Å². The summed E-state index contributed by atoms with van der Waals surface area (Å²) >= 11 is 1.61. The summed E-state index contributed by atoms with van der Waals surface area (Å²) in [6.07, 6.45) is 6.71. The Morgan fingerprint density at radius 1 is 0.778 bits per heavy atom. The summed E-state index contributed by atoms with van der Waals surface area (Å²) in [7, 11) is -1.54. The number of methoxy groups -OCH3 is 1. The minimum absolute atomic E-state index is 0.00448. The number of anilines is 2. The third-order valence-electron chi connectivity index (χ3n) is 22.9. The molecular formula is C85H104FN11O9SSi. The van der Waals surface area contributed by atoms with Crippen molar-refractivity contribution in [3.8, 4) is 33.5 Å². The molecule has 1 N–H and O–H groups in total. The Morgan fingerprint density at radius 2 is 1.47 bits per heavy atom. The van der Waals surface area contributed by atoms with Gasteiger partial charge in [0.25, 0.3) is 8.32 Å². The van der Waals surface area contributed by atoms with Crippen molar-refractivity contribution < 1.29 is 46.7 Å². The molecule has 5 aromatic carbocycles. The molecule has 108 heavy (non-hydrogen) atoms. The maximum Gasteiger partial charge on any atom is 0.410 e. The number of aryl methyl sites for hydroxylation is 2. The number of hydrogen-bond acceptors (Lipinski definition) is 18. The predicted molar refractivity (Wildman–Crippen MR) is 424 cm³/mol. The second-order valence-electron chi connectivity index (χ2n) is 32.8. The van der Waals surface area contributed by atoms with Gasteiger partial charge < -0.3 is 47.9 Å². The normalized spacial score (nSPS) is 19.8. The molecule has 570 valence electrons. The van der Waals surface area contributed by atoms with Crippen LogP contribution in [0.25, 0.3) is 43.4 Å². The van der Waals surface area contributed by atoms with E-state index in [0.717, 1.165) is 113 Å². The molecule has 20 nitrogen and oxygen atoms in total. The molecule has 23 heteroatoms. The van der Waals surface area contributed by atoms with E-state index in [1.165, 1.54) is 0 Å². The van der Waals surface area contributed by atoms with Gasteiger partial charge in [0, 0.05) is 70.1 Å². The highest BCUT2D eigenvalue weighted by atomic mass is 32.1. The van der Waals surface area contributed by atoms with Gasteiger partial charge >= 0.3 is 12.1 Å². The fraction of sp³-hybridized carbons (Fsp3) is 0.482. The first-order valence-corrected chi connectivity index (χ1v) is 41.4. The maximum atomic E-state index is 17.9. The number of nitrogens with zero attached hydrogens (tertiary/aromatic N) is 10. The Balaban J connectivity index is 0.640. The van der Waals surface area contributed by atoms with Gasteiger partial charge in [0.05, 0.1) is 45.7 Å². The number of carbonyl (C=O) groups excluding carboxylic acids is 3. The van der Waals surface area contributed by atoms with E-state index in [9.17, 15) is 4.79 Å². The van der Waals surface area contributed by atoms with E-state index in [0.29, 0.717) is 65.4 Å². The SMILES string of the molecule is CCc1cccc2cc(OCOC)cc(-c3ncc4c(N5CC6CCC(C5)N6C(=O)OC(C)(C)C)nc(OC[C@H](C)N5CCC(CC6CN(c7cc(C(C(=O)N8C[C@H](O[Si](c9ccccc9)(c9ccccc9)C(C)(C)C)C[C@H]8C(=O)N[C@@H](C)c8ccc(-c9scnc9C)cc8)C(C)C)on7)C6)CC5)nc4c3F)c12. The van der Waals surface area contributed by atoms with Gasteiger partial charge in [0.2, 0.25) is 11.8 Å². The zero-order valence-corrected chi connectivity index (χ0v) is 66.5. The van der Waals surface area contributed by atoms with Crippen molar-refractivity contribution in [1.82, 2.24) is 45.1 Å². The van der Waals surface area contributed by atoms with Crippen molar-refractivity contribution in [2.45, 2.75) is 181 Å². The van der Waals surface area contributed by atoms with Gasteiger partial charge in [-0.1, -0.05) is 150 Å². The molecule has 0 spiro atoms. The summed E-state index contributed by atoms with van der Waals surface area (Å²) in [6.45, 7) is 29.6. The van der Waals surface area contributed by atoms with Crippen LogP contribution >= 0.6 is 11.3 Å². The van der Waals surface area contributed by atoms with E-state index in [4.69, 9.17) is 42.8 Å². The summed E-state index contributed by atoms with van der Waals surface area (Å²) in [5.41, 5.74) is 6.09.